The van der Waals surface area contributed by atoms with Crippen molar-refractivity contribution in [1.29, 1.82) is 0 Å². The average molecular weight is 469 g/mol. The van der Waals surface area contributed by atoms with E-state index in [2.05, 4.69) is 20.9 Å². The van der Waals surface area contributed by atoms with E-state index in [1.807, 2.05) is 50.2 Å². The fourth-order valence-corrected chi connectivity index (χ4v) is 3.29. The van der Waals surface area contributed by atoms with Crippen LogP contribution >= 0.6 is 15.9 Å². The Kier molecular flexibility index (Phi) is 7.19. The number of benzene rings is 3. The summed E-state index contributed by atoms with van der Waals surface area (Å²) in [6, 6.07) is 18.0. The minimum Gasteiger partial charge on any atom is -0.490 e. The number of halogens is 1. The standard InChI is InChI=1S/C23H21BrN2O4/c1-3-29-22-13-18(14-25-19-8-4-16(2)5-9-19)12-21(24)23(22)30-15-17-6-10-20(11-7-17)26(27)28/h4-14H,3,15H2,1-2H3. The van der Waals surface area contributed by atoms with Crippen molar-refractivity contribution in [3.63, 3.8) is 0 Å². The number of non-ortho nitro benzene ring substituents is 1. The van der Waals surface area contributed by atoms with Crippen molar-refractivity contribution >= 4 is 33.5 Å². The highest BCUT2D eigenvalue weighted by atomic mass is 79.9. The molecule has 0 saturated carbocycles. The van der Waals surface area contributed by atoms with Gasteiger partial charge in [0, 0.05) is 18.3 Å². The van der Waals surface area contributed by atoms with Crippen LogP contribution in [-0.4, -0.2) is 17.7 Å². The van der Waals surface area contributed by atoms with Crippen molar-refractivity contribution < 1.29 is 14.4 Å². The lowest BCUT2D eigenvalue weighted by Gasteiger charge is -2.14. The second-order valence-corrected chi connectivity index (χ2v) is 7.42. The second-order valence-electron chi connectivity index (χ2n) is 6.57. The molecule has 3 aromatic rings. The molecule has 0 saturated heterocycles. The van der Waals surface area contributed by atoms with Gasteiger partial charge in [0.25, 0.3) is 5.69 Å². The molecular formula is C23H21BrN2O4. The maximum Gasteiger partial charge on any atom is 0.269 e. The fraction of sp³-hybridized carbons (Fsp3) is 0.174. The summed E-state index contributed by atoms with van der Waals surface area (Å²) in [5, 5.41) is 10.8. The Morgan fingerprint density at radius 2 is 1.77 bits per heavy atom. The maximum atomic E-state index is 10.8. The molecule has 0 amide bonds. The molecule has 30 heavy (non-hydrogen) atoms. The van der Waals surface area contributed by atoms with Crippen LogP contribution in [0.15, 0.2) is 70.1 Å². The number of aliphatic imine (C=N–C) groups is 1. The van der Waals surface area contributed by atoms with Gasteiger partial charge in [-0.15, -0.1) is 0 Å². The molecule has 0 unspecified atom stereocenters. The van der Waals surface area contributed by atoms with Crippen molar-refractivity contribution in [2.24, 2.45) is 4.99 Å². The molecule has 154 valence electrons. The summed E-state index contributed by atoms with van der Waals surface area (Å²) >= 11 is 3.55. The molecule has 0 atom stereocenters. The van der Waals surface area contributed by atoms with Crippen molar-refractivity contribution in [3.8, 4) is 11.5 Å². The lowest BCUT2D eigenvalue weighted by atomic mass is 10.2. The minimum atomic E-state index is -0.425. The maximum absolute atomic E-state index is 10.8. The van der Waals surface area contributed by atoms with Gasteiger partial charge < -0.3 is 9.47 Å². The quantitative estimate of drug-likeness (QED) is 0.218. The smallest absolute Gasteiger partial charge is 0.269 e. The number of nitro benzene ring substituents is 1. The van der Waals surface area contributed by atoms with Gasteiger partial charge in [0.15, 0.2) is 11.5 Å². The number of hydrogen-bond acceptors (Lipinski definition) is 5. The van der Waals surface area contributed by atoms with Crippen LogP contribution in [0.5, 0.6) is 11.5 Å². The molecule has 0 N–H and O–H groups in total. The molecule has 0 fully saturated rings. The Bertz CT molecular complexity index is 1050. The minimum absolute atomic E-state index is 0.0483. The number of nitrogens with zero attached hydrogens (tertiary/aromatic N) is 2. The Morgan fingerprint density at radius 1 is 1.07 bits per heavy atom. The lowest BCUT2D eigenvalue weighted by Crippen LogP contribution is -2.01. The predicted molar refractivity (Wildman–Crippen MR) is 121 cm³/mol. The van der Waals surface area contributed by atoms with Gasteiger partial charge in [-0.25, -0.2) is 0 Å². The number of hydrogen-bond donors (Lipinski definition) is 0. The topological polar surface area (TPSA) is 74.0 Å². The van der Waals surface area contributed by atoms with E-state index in [0.29, 0.717) is 18.1 Å². The van der Waals surface area contributed by atoms with E-state index in [-0.39, 0.29) is 12.3 Å². The summed E-state index contributed by atoms with van der Waals surface area (Å²) in [5.74, 6) is 1.17. The van der Waals surface area contributed by atoms with Gasteiger partial charge in [-0.05, 0) is 77.3 Å². The molecule has 0 heterocycles. The molecule has 0 bridgehead atoms. The number of rotatable bonds is 8. The zero-order valence-electron chi connectivity index (χ0n) is 16.7. The zero-order valence-corrected chi connectivity index (χ0v) is 18.3. The first-order chi connectivity index (χ1) is 14.5. The van der Waals surface area contributed by atoms with Crippen LogP contribution in [0.1, 0.15) is 23.6 Å². The first kappa shape index (κ1) is 21.5. The molecule has 0 radical (unpaired) electrons. The summed E-state index contributed by atoms with van der Waals surface area (Å²) < 4.78 is 12.4. The van der Waals surface area contributed by atoms with Crippen LogP contribution in [0.3, 0.4) is 0 Å². The lowest BCUT2D eigenvalue weighted by molar-refractivity contribution is -0.384. The van der Waals surface area contributed by atoms with E-state index in [4.69, 9.17) is 9.47 Å². The van der Waals surface area contributed by atoms with E-state index in [0.717, 1.165) is 21.3 Å². The van der Waals surface area contributed by atoms with E-state index in [1.54, 1.807) is 18.3 Å². The van der Waals surface area contributed by atoms with E-state index >= 15 is 0 Å². The SMILES string of the molecule is CCOc1cc(C=Nc2ccc(C)cc2)cc(Br)c1OCc1ccc([N+](=O)[O-])cc1. The van der Waals surface area contributed by atoms with Gasteiger partial charge >= 0.3 is 0 Å². The first-order valence-electron chi connectivity index (χ1n) is 9.39. The van der Waals surface area contributed by atoms with Crippen LogP contribution in [0, 0.1) is 17.0 Å². The molecule has 0 aromatic heterocycles. The molecular weight excluding hydrogens is 448 g/mol. The molecule has 3 aromatic carbocycles. The van der Waals surface area contributed by atoms with Crippen LogP contribution in [0.4, 0.5) is 11.4 Å². The highest BCUT2D eigenvalue weighted by Crippen LogP contribution is 2.37. The van der Waals surface area contributed by atoms with Gasteiger partial charge in [0.05, 0.1) is 21.7 Å². The largest absolute Gasteiger partial charge is 0.490 e. The van der Waals surface area contributed by atoms with Gasteiger partial charge in [-0.2, -0.15) is 0 Å². The molecule has 7 heteroatoms. The van der Waals surface area contributed by atoms with E-state index in [9.17, 15) is 10.1 Å². The summed E-state index contributed by atoms with van der Waals surface area (Å²) in [5.41, 5.74) is 3.79. The highest BCUT2D eigenvalue weighted by molar-refractivity contribution is 9.10. The van der Waals surface area contributed by atoms with Gasteiger partial charge in [-0.1, -0.05) is 17.7 Å². The Morgan fingerprint density at radius 3 is 2.40 bits per heavy atom. The van der Waals surface area contributed by atoms with Crippen LogP contribution in [0.2, 0.25) is 0 Å². The molecule has 0 aliphatic carbocycles. The summed E-state index contributed by atoms with van der Waals surface area (Å²) in [7, 11) is 0. The van der Waals surface area contributed by atoms with E-state index < -0.39 is 4.92 Å². The van der Waals surface area contributed by atoms with Crippen molar-refractivity contribution in [1.82, 2.24) is 0 Å². The molecule has 0 aliphatic heterocycles. The third kappa shape index (κ3) is 5.67. The van der Waals surface area contributed by atoms with Crippen LogP contribution < -0.4 is 9.47 Å². The van der Waals surface area contributed by atoms with Gasteiger partial charge in [0.1, 0.15) is 6.61 Å². The van der Waals surface area contributed by atoms with Crippen molar-refractivity contribution in [2.75, 3.05) is 6.61 Å². The van der Waals surface area contributed by atoms with Gasteiger partial charge in [-0.3, -0.25) is 15.1 Å². The van der Waals surface area contributed by atoms with Crippen LogP contribution in [-0.2, 0) is 6.61 Å². The van der Waals surface area contributed by atoms with Crippen LogP contribution in [0.25, 0.3) is 0 Å². The number of aryl methyl sites for hydroxylation is 1. The first-order valence-corrected chi connectivity index (χ1v) is 10.2. The summed E-state index contributed by atoms with van der Waals surface area (Å²) in [6.07, 6.45) is 1.78. The highest BCUT2D eigenvalue weighted by Gasteiger charge is 2.13. The predicted octanol–water partition coefficient (Wildman–Crippen LogP) is 6.39. The number of ether oxygens (including phenoxy) is 2. The van der Waals surface area contributed by atoms with E-state index in [1.165, 1.54) is 17.7 Å². The fourth-order valence-electron chi connectivity index (χ4n) is 2.71. The molecule has 0 spiro atoms. The van der Waals surface area contributed by atoms with Gasteiger partial charge in [0.2, 0.25) is 0 Å². The van der Waals surface area contributed by atoms with Crippen molar-refractivity contribution in [2.45, 2.75) is 20.5 Å². The zero-order chi connectivity index (χ0) is 21.5. The summed E-state index contributed by atoms with van der Waals surface area (Å²) in [4.78, 5) is 14.9. The molecule has 6 nitrogen and oxygen atoms in total. The Hall–Kier alpha value is -3.19. The second kappa shape index (κ2) is 10.0. The summed E-state index contributed by atoms with van der Waals surface area (Å²) in [6.45, 7) is 4.68. The number of nitro groups is 1. The molecule has 0 aliphatic rings. The third-order valence-electron chi connectivity index (χ3n) is 4.26. The Labute approximate surface area is 183 Å². The van der Waals surface area contributed by atoms with Crippen molar-refractivity contribution in [3.05, 3.63) is 91.9 Å². The monoisotopic (exact) mass is 468 g/mol. The molecule has 3 rings (SSSR count). The average Bonchev–Trinajstić information content (AvgIpc) is 2.73. The normalized spacial score (nSPS) is 10.9. The Balaban J connectivity index is 1.78. The third-order valence-corrected chi connectivity index (χ3v) is 4.85.